The number of nitriles is 1. The molecular formula is C15H20F2N4OS. The molecule has 126 valence electrons. The third-order valence-corrected chi connectivity index (χ3v) is 4.75. The van der Waals surface area contributed by atoms with Crippen molar-refractivity contribution in [3.8, 4) is 6.07 Å². The first kappa shape index (κ1) is 17.8. The first-order chi connectivity index (χ1) is 11.0. The number of halogens is 2. The predicted octanol–water partition coefficient (Wildman–Crippen LogP) is 1.65. The molecule has 0 saturated carbocycles. The Morgan fingerprint density at radius 1 is 1.43 bits per heavy atom. The van der Waals surface area contributed by atoms with E-state index >= 15 is 0 Å². The summed E-state index contributed by atoms with van der Waals surface area (Å²) in [6.07, 6.45) is -2.44. The van der Waals surface area contributed by atoms with Crippen molar-refractivity contribution < 1.29 is 13.6 Å². The van der Waals surface area contributed by atoms with E-state index in [1.807, 2.05) is 17.5 Å². The number of amides is 1. The van der Waals surface area contributed by atoms with Crippen LogP contribution in [-0.4, -0.2) is 73.3 Å². The third-order valence-electron chi connectivity index (χ3n) is 3.82. The van der Waals surface area contributed by atoms with Crippen molar-refractivity contribution in [3.63, 3.8) is 0 Å². The van der Waals surface area contributed by atoms with Gasteiger partial charge in [0.25, 0.3) is 6.43 Å². The minimum Gasteiger partial charge on any atom is -0.339 e. The molecular weight excluding hydrogens is 322 g/mol. The van der Waals surface area contributed by atoms with Crippen LogP contribution in [0.25, 0.3) is 0 Å². The maximum atomic E-state index is 12.3. The Hall–Kier alpha value is -1.56. The van der Waals surface area contributed by atoms with Crippen LogP contribution in [0.2, 0.25) is 0 Å². The molecule has 1 atom stereocenters. The summed E-state index contributed by atoms with van der Waals surface area (Å²) in [6, 6.07) is 5.89. The van der Waals surface area contributed by atoms with Crippen LogP contribution < -0.4 is 0 Å². The van der Waals surface area contributed by atoms with Crippen molar-refractivity contribution in [3.05, 3.63) is 22.4 Å². The van der Waals surface area contributed by atoms with Crippen molar-refractivity contribution >= 4 is 17.2 Å². The second-order valence-corrected chi connectivity index (χ2v) is 6.53. The van der Waals surface area contributed by atoms with Crippen LogP contribution in [0.1, 0.15) is 10.9 Å². The van der Waals surface area contributed by atoms with Gasteiger partial charge in [-0.1, -0.05) is 6.07 Å². The number of rotatable bonds is 6. The van der Waals surface area contributed by atoms with E-state index in [9.17, 15) is 18.8 Å². The first-order valence-corrected chi connectivity index (χ1v) is 8.30. The molecule has 1 aromatic rings. The Labute approximate surface area is 138 Å². The average molecular weight is 342 g/mol. The largest absolute Gasteiger partial charge is 0.339 e. The summed E-state index contributed by atoms with van der Waals surface area (Å²) >= 11 is 1.55. The van der Waals surface area contributed by atoms with Crippen LogP contribution >= 0.6 is 11.3 Å². The SMILES string of the molecule is CN(CC(=O)N1CCN(C(C#N)c2cccs2)CC1)CC(F)F. The summed E-state index contributed by atoms with van der Waals surface area (Å²) in [5, 5.41) is 11.3. The zero-order valence-corrected chi connectivity index (χ0v) is 13.8. The van der Waals surface area contributed by atoms with E-state index in [1.54, 1.807) is 16.2 Å². The Kier molecular flexibility index (Phi) is 6.45. The number of hydrogen-bond donors (Lipinski definition) is 0. The van der Waals surface area contributed by atoms with Gasteiger partial charge in [-0.2, -0.15) is 5.26 Å². The average Bonchev–Trinajstić information content (AvgIpc) is 3.02. The number of alkyl halides is 2. The van der Waals surface area contributed by atoms with Gasteiger partial charge in [0.2, 0.25) is 5.91 Å². The summed E-state index contributed by atoms with van der Waals surface area (Å²) in [6.45, 7) is 1.86. The van der Waals surface area contributed by atoms with E-state index in [-0.39, 0.29) is 18.5 Å². The summed E-state index contributed by atoms with van der Waals surface area (Å²) in [5.74, 6) is -0.141. The van der Waals surface area contributed by atoms with Crippen LogP contribution in [-0.2, 0) is 4.79 Å². The molecule has 1 aliphatic heterocycles. The molecule has 1 unspecified atom stereocenters. The standard InChI is InChI=1S/C15H20F2N4OS/c1-19(10-14(16)17)11-15(22)21-6-4-20(5-7-21)12(9-18)13-3-2-8-23-13/h2-3,8,12,14H,4-7,10-11H2,1H3. The van der Waals surface area contributed by atoms with E-state index in [0.717, 1.165) is 4.88 Å². The van der Waals surface area contributed by atoms with Crippen LogP contribution in [0.5, 0.6) is 0 Å². The molecule has 1 fully saturated rings. The van der Waals surface area contributed by atoms with Gasteiger partial charge in [-0.05, 0) is 18.5 Å². The van der Waals surface area contributed by atoms with Gasteiger partial charge in [-0.15, -0.1) is 11.3 Å². The molecule has 5 nitrogen and oxygen atoms in total. The third kappa shape index (κ3) is 4.96. The fourth-order valence-corrected chi connectivity index (χ4v) is 3.43. The van der Waals surface area contributed by atoms with E-state index < -0.39 is 13.0 Å². The fourth-order valence-electron chi connectivity index (χ4n) is 2.63. The second kappa shape index (κ2) is 8.34. The van der Waals surface area contributed by atoms with Crippen LogP contribution in [0.3, 0.4) is 0 Å². The summed E-state index contributed by atoms with van der Waals surface area (Å²) in [4.78, 5) is 18.2. The first-order valence-electron chi connectivity index (χ1n) is 7.42. The topological polar surface area (TPSA) is 50.6 Å². The molecule has 23 heavy (non-hydrogen) atoms. The second-order valence-electron chi connectivity index (χ2n) is 5.55. The van der Waals surface area contributed by atoms with Crippen LogP contribution in [0, 0.1) is 11.3 Å². The maximum Gasteiger partial charge on any atom is 0.251 e. The summed E-state index contributed by atoms with van der Waals surface area (Å²) in [7, 11) is 1.52. The van der Waals surface area contributed by atoms with Crippen molar-refractivity contribution in [1.82, 2.24) is 14.7 Å². The molecule has 1 amide bonds. The van der Waals surface area contributed by atoms with Gasteiger partial charge in [0.1, 0.15) is 6.04 Å². The number of carbonyl (C=O) groups is 1. The Balaban J connectivity index is 1.83. The normalized spacial score (nSPS) is 17.5. The van der Waals surface area contributed by atoms with Gasteiger partial charge in [0.05, 0.1) is 19.2 Å². The van der Waals surface area contributed by atoms with Gasteiger partial charge < -0.3 is 4.90 Å². The quantitative estimate of drug-likeness (QED) is 0.789. The molecule has 2 heterocycles. The lowest BCUT2D eigenvalue weighted by atomic mass is 10.2. The van der Waals surface area contributed by atoms with Gasteiger partial charge in [-0.25, -0.2) is 8.78 Å². The van der Waals surface area contributed by atoms with Crippen molar-refractivity contribution in [2.24, 2.45) is 0 Å². The number of carbonyl (C=O) groups excluding carboxylic acids is 1. The smallest absolute Gasteiger partial charge is 0.251 e. The number of hydrogen-bond acceptors (Lipinski definition) is 5. The molecule has 2 rings (SSSR count). The molecule has 0 aliphatic carbocycles. The monoisotopic (exact) mass is 342 g/mol. The number of thiophene rings is 1. The lowest BCUT2D eigenvalue weighted by Crippen LogP contribution is -2.51. The van der Waals surface area contributed by atoms with E-state index in [4.69, 9.17) is 0 Å². The number of nitrogens with zero attached hydrogens (tertiary/aromatic N) is 4. The minimum atomic E-state index is -2.44. The van der Waals surface area contributed by atoms with Crippen molar-refractivity contribution in [2.75, 3.05) is 46.3 Å². The highest BCUT2D eigenvalue weighted by atomic mass is 32.1. The van der Waals surface area contributed by atoms with Gasteiger partial charge in [0, 0.05) is 31.1 Å². The minimum absolute atomic E-state index is 0.00303. The summed E-state index contributed by atoms with van der Waals surface area (Å²) < 4.78 is 24.6. The molecule has 1 aromatic heterocycles. The van der Waals surface area contributed by atoms with Crippen LogP contribution in [0.15, 0.2) is 17.5 Å². The number of likely N-dealkylation sites (N-methyl/N-ethyl adjacent to an activating group) is 1. The zero-order valence-electron chi connectivity index (χ0n) is 13.0. The lowest BCUT2D eigenvalue weighted by molar-refractivity contribution is -0.134. The fraction of sp³-hybridized carbons (Fsp3) is 0.600. The van der Waals surface area contributed by atoms with Crippen LogP contribution in [0.4, 0.5) is 8.78 Å². The number of piperazine rings is 1. The molecule has 0 spiro atoms. The zero-order chi connectivity index (χ0) is 16.8. The Morgan fingerprint density at radius 2 is 2.13 bits per heavy atom. The maximum absolute atomic E-state index is 12.3. The summed E-state index contributed by atoms with van der Waals surface area (Å²) in [5.41, 5.74) is 0. The Morgan fingerprint density at radius 3 is 2.65 bits per heavy atom. The predicted molar refractivity (Wildman–Crippen MR) is 84.3 cm³/mol. The molecule has 1 saturated heterocycles. The van der Waals surface area contributed by atoms with Gasteiger partial charge in [-0.3, -0.25) is 14.6 Å². The molecule has 1 aliphatic rings. The highest BCUT2D eigenvalue weighted by Gasteiger charge is 2.28. The molecule has 0 aromatic carbocycles. The van der Waals surface area contributed by atoms with E-state index in [1.165, 1.54) is 11.9 Å². The van der Waals surface area contributed by atoms with Gasteiger partial charge >= 0.3 is 0 Å². The molecule has 8 heteroatoms. The molecule has 0 N–H and O–H groups in total. The highest BCUT2D eigenvalue weighted by molar-refractivity contribution is 7.10. The lowest BCUT2D eigenvalue weighted by Gasteiger charge is -2.37. The molecule has 0 bridgehead atoms. The highest BCUT2D eigenvalue weighted by Crippen LogP contribution is 2.25. The van der Waals surface area contributed by atoms with Crippen molar-refractivity contribution in [1.29, 1.82) is 5.26 Å². The van der Waals surface area contributed by atoms with E-state index in [2.05, 4.69) is 11.0 Å². The van der Waals surface area contributed by atoms with Gasteiger partial charge in [0.15, 0.2) is 0 Å². The van der Waals surface area contributed by atoms with E-state index in [0.29, 0.717) is 26.2 Å². The molecule has 0 radical (unpaired) electrons. The Bertz CT molecular complexity index is 538. The van der Waals surface area contributed by atoms with Crippen molar-refractivity contribution in [2.45, 2.75) is 12.5 Å².